The molecule has 1 aliphatic carbocycles. The van der Waals surface area contributed by atoms with Crippen molar-refractivity contribution in [3.05, 3.63) is 17.0 Å². The zero-order chi connectivity index (χ0) is 16.0. The molecule has 21 heavy (non-hydrogen) atoms. The third kappa shape index (κ3) is 3.75. The summed E-state index contributed by atoms with van der Waals surface area (Å²) in [6.45, 7) is 13.4. The first-order valence-corrected chi connectivity index (χ1v) is 8.06. The maximum Gasteiger partial charge on any atom is 0.167 e. The monoisotopic (exact) mass is 290 g/mol. The van der Waals surface area contributed by atoms with Crippen LogP contribution in [0.15, 0.2) is 0 Å². The number of nitrogens with zero attached hydrogens (tertiary/aromatic N) is 2. The van der Waals surface area contributed by atoms with Gasteiger partial charge in [0.25, 0.3) is 0 Å². The molecule has 0 bridgehead atoms. The predicted molar refractivity (Wildman–Crippen MR) is 86.6 cm³/mol. The van der Waals surface area contributed by atoms with E-state index in [2.05, 4.69) is 46.6 Å². The van der Waals surface area contributed by atoms with Gasteiger partial charge in [-0.2, -0.15) is 5.10 Å². The van der Waals surface area contributed by atoms with Gasteiger partial charge in [-0.25, -0.2) is 0 Å². The van der Waals surface area contributed by atoms with E-state index < -0.39 is 0 Å². The molecule has 1 aromatic heterocycles. The van der Waals surface area contributed by atoms with Gasteiger partial charge < -0.3 is 0 Å². The van der Waals surface area contributed by atoms with Crippen LogP contribution < -0.4 is 0 Å². The normalized spacial score (nSPS) is 19.5. The summed E-state index contributed by atoms with van der Waals surface area (Å²) in [5, 5.41) is 4.67. The van der Waals surface area contributed by atoms with E-state index in [-0.39, 0.29) is 11.2 Å². The van der Waals surface area contributed by atoms with Gasteiger partial charge in [0.05, 0.1) is 11.3 Å². The summed E-state index contributed by atoms with van der Waals surface area (Å²) in [7, 11) is 1.98. The molecule has 1 atom stereocenters. The number of aryl methyl sites for hydroxylation is 1. The van der Waals surface area contributed by atoms with E-state index >= 15 is 0 Å². The van der Waals surface area contributed by atoms with Gasteiger partial charge in [-0.3, -0.25) is 9.48 Å². The second-order valence-electron chi connectivity index (χ2n) is 8.91. The van der Waals surface area contributed by atoms with Crippen LogP contribution >= 0.6 is 0 Å². The molecule has 1 heterocycles. The second-order valence-corrected chi connectivity index (χ2v) is 8.91. The van der Waals surface area contributed by atoms with Crippen molar-refractivity contribution in [3.8, 4) is 0 Å². The highest BCUT2D eigenvalue weighted by Gasteiger charge is 2.36. The summed E-state index contributed by atoms with van der Waals surface area (Å²) < 4.78 is 1.94. The average Bonchev–Trinajstić information content (AvgIpc) is 2.50. The van der Waals surface area contributed by atoms with Gasteiger partial charge >= 0.3 is 0 Å². The van der Waals surface area contributed by atoms with Crippen LogP contribution in [-0.2, 0) is 19.9 Å². The van der Waals surface area contributed by atoms with Crippen LogP contribution in [0.3, 0.4) is 0 Å². The number of carbonyl (C=O) groups excluding carboxylic acids is 1. The Morgan fingerprint density at radius 3 is 2.48 bits per heavy atom. The number of Topliss-reactive ketones (excluding diaryl/α,β-unsaturated/α-hetero) is 1. The van der Waals surface area contributed by atoms with Crippen LogP contribution in [0.4, 0.5) is 0 Å². The molecular formula is C18H30N2O. The molecule has 0 aliphatic heterocycles. The minimum atomic E-state index is 0.0617. The summed E-state index contributed by atoms with van der Waals surface area (Å²) >= 11 is 0. The first-order chi connectivity index (χ1) is 9.48. The van der Waals surface area contributed by atoms with E-state index in [0.29, 0.717) is 17.8 Å². The first kappa shape index (κ1) is 16.3. The minimum absolute atomic E-state index is 0.0617. The highest BCUT2D eigenvalue weighted by molar-refractivity contribution is 5.99. The second kappa shape index (κ2) is 5.26. The zero-order valence-corrected chi connectivity index (χ0v) is 14.7. The third-order valence-electron chi connectivity index (χ3n) is 4.31. The number of hydrogen-bond donors (Lipinski definition) is 0. The molecule has 0 fully saturated rings. The number of aromatic nitrogens is 2. The highest BCUT2D eigenvalue weighted by Crippen LogP contribution is 2.37. The van der Waals surface area contributed by atoms with Crippen molar-refractivity contribution < 1.29 is 4.79 Å². The molecule has 0 amide bonds. The van der Waals surface area contributed by atoms with Crippen molar-refractivity contribution in [1.82, 2.24) is 9.78 Å². The number of fused-ring (bicyclic) bond motifs is 1. The Labute approximate surface area is 129 Å². The van der Waals surface area contributed by atoms with Crippen LogP contribution in [0.2, 0.25) is 0 Å². The Morgan fingerprint density at radius 2 is 1.90 bits per heavy atom. The summed E-state index contributed by atoms with van der Waals surface area (Å²) in [6, 6.07) is 0. The minimum Gasteiger partial charge on any atom is -0.294 e. The Hall–Kier alpha value is -1.12. The smallest absolute Gasteiger partial charge is 0.167 e. The molecule has 0 saturated heterocycles. The SMILES string of the molecule is CC(Cc1nn(C)c2c1C(=O)CC(C)(C)C2)CC(C)(C)C. The van der Waals surface area contributed by atoms with Gasteiger partial charge in [-0.1, -0.05) is 41.5 Å². The van der Waals surface area contributed by atoms with E-state index in [4.69, 9.17) is 0 Å². The summed E-state index contributed by atoms with van der Waals surface area (Å²) in [5.74, 6) is 0.832. The van der Waals surface area contributed by atoms with Crippen molar-refractivity contribution in [3.63, 3.8) is 0 Å². The van der Waals surface area contributed by atoms with E-state index in [1.54, 1.807) is 0 Å². The van der Waals surface area contributed by atoms with E-state index in [1.807, 2.05) is 11.7 Å². The summed E-state index contributed by atoms with van der Waals surface area (Å²) in [5.41, 5.74) is 3.46. The highest BCUT2D eigenvalue weighted by atomic mass is 16.1. The molecule has 1 aromatic rings. The molecule has 1 aliphatic rings. The van der Waals surface area contributed by atoms with Gasteiger partial charge in [0, 0.05) is 19.2 Å². The Bertz CT molecular complexity index is 546. The van der Waals surface area contributed by atoms with Gasteiger partial charge in [0.1, 0.15) is 0 Å². The molecular weight excluding hydrogens is 260 g/mol. The quantitative estimate of drug-likeness (QED) is 0.836. The lowest BCUT2D eigenvalue weighted by atomic mass is 9.75. The van der Waals surface area contributed by atoms with Crippen LogP contribution in [-0.4, -0.2) is 15.6 Å². The molecule has 0 aromatic carbocycles. The van der Waals surface area contributed by atoms with Crippen molar-refractivity contribution in [2.45, 2.75) is 67.2 Å². The fourth-order valence-electron chi connectivity index (χ4n) is 3.77. The van der Waals surface area contributed by atoms with E-state index in [1.165, 1.54) is 0 Å². The number of rotatable bonds is 3. The van der Waals surface area contributed by atoms with Gasteiger partial charge in [-0.15, -0.1) is 0 Å². The van der Waals surface area contributed by atoms with Crippen LogP contribution in [0.1, 0.15) is 76.1 Å². The topological polar surface area (TPSA) is 34.9 Å². The Morgan fingerprint density at radius 1 is 1.29 bits per heavy atom. The molecule has 0 N–H and O–H groups in total. The molecule has 0 saturated carbocycles. The van der Waals surface area contributed by atoms with E-state index in [0.717, 1.165) is 36.2 Å². The Balaban J connectivity index is 2.26. The number of carbonyl (C=O) groups is 1. The average molecular weight is 290 g/mol. The van der Waals surface area contributed by atoms with Crippen LogP contribution in [0.25, 0.3) is 0 Å². The van der Waals surface area contributed by atoms with Crippen molar-refractivity contribution in [1.29, 1.82) is 0 Å². The lowest BCUT2D eigenvalue weighted by molar-refractivity contribution is 0.0909. The van der Waals surface area contributed by atoms with Crippen LogP contribution in [0, 0.1) is 16.7 Å². The fourth-order valence-corrected chi connectivity index (χ4v) is 3.77. The van der Waals surface area contributed by atoms with Crippen molar-refractivity contribution >= 4 is 5.78 Å². The van der Waals surface area contributed by atoms with Crippen molar-refractivity contribution in [2.24, 2.45) is 23.8 Å². The lowest BCUT2D eigenvalue weighted by Gasteiger charge is -2.29. The standard InChI is InChI=1S/C18H30N2O/c1-12(9-17(2,3)4)8-13-16-14(20(7)19-13)10-18(5,6)11-15(16)21/h12H,8-11H2,1-7H3. The Kier molecular flexibility index (Phi) is 4.07. The first-order valence-electron chi connectivity index (χ1n) is 8.06. The molecule has 3 heteroatoms. The maximum atomic E-state index is 12.5. The molecule has 0 radical (unpaired) electrons. The van der Waals surface area contributed by atoms with Gasteiger partial charge in [0.15, 0.2) is 5.78 Å². The molecule has 1 unspecified atom stereocenters. The van der Waals surface area contributed by atoms with E-state index in [9.17, 15) is 4.79 Å². The third-order valence-corrected chi connectivity index (χ3v) is 4.31. The molecule has 3 nitrogen and oxygen atoms in total. The largest absolute Gasteiger partial charge is 0.294 e. The maximum absolute atomic E-state index is 12.5. The molecule has 0 spiro atoms. The summed E-state index contributed by atoms with van der Waals surface area (Å²) in [6.07, 6.45) is 3.65. The lowest BCUT2D eigenvalue weighted by Crippen LogP contribution is -2.28. The fraction of sp³-hybridized carbons (Fsp3) is 0.778. The molecule has 2 rings (SSSR count). The van der Waals surface area contributed by atoms with Gasteiger partial charge in [0.2, 0.25) is 0 Å². The predicted octanol–water partition coefficient (Wildman–Crippen LogP) is 4.19. The summed E-state index contributed by atoms with van der Waals surface area (Å²) in [4.78, 5) is 12.5. The number of ketones is 1. The number of hydrogen-bond acceptors (Lipinski definition) is 2. The molecule has 118 valence electrons. The van der Waals surface area contributed by atoms with Gasteiger partial charge in [-0.05, 0) is 36.0 Å². The van der Waals surface area contributed by atoms with Crippen molar-refractivity contribution in [2.75, 3.05) is 0 Å². The van der Waals surface area contributed by atoms with Crippen LogP contribution in [0.5, 0.6) is 0 Å². The zero-order valence-electron chi connectivity index (χ0n) is 14.7.